The summed E-state index contributed by atoms with van der Waals surface area (Å²) in [5.74, 6) is 0. The van der Waals surface area contributed by atoms with Gasteiger partial charge in [-0.2, -0.15) is 4.31 Å². The average molecular weight is 394 g/mol. The molecule has 3 aromatic rings. The zero-order valence-corrected chi connectivity index (χ0v) is 16.5. The van der Waals surface area contributed by atoms with Crippen LogP contribution in [0.2, 0.25) is 0 Å². The molecule has 3 aromatic carbocycles. The fourth-order valence-corrected chi connectivity index (χ4v) is 5.41. The van der Waals surface area contributed by atoms with Crippen molar-refractivity contribution in [2.75, 3.05) is 6.54 Å². The summed E-state index contributed by atoms with van der Waals surface area (Å²) in [7, 11) is -3.67. The minimum absolute atomic E-state index is 0.262. The van der Waals surface area contributed by atoms with Crippen LogP contribution in [-0.2, 0) is 10.0 Å². The molecule has 5 heteroatoms. The average Bonchev–Trinajstić information content (AvgIpc) is 3.11. The lowest BCUT2D eigenvalue weighted by atomic mass is 9.99. The van der Waals surface area contributed by atoms with Crippen molar-refractivity contribution in [2.45, 2.75) is 30.4 Å². The molecule has 0 radical (unpaired) electrons. The summed E-state index contributed by atoms with van der Waals surface area (Å²) in [4.78, 5) is 0.262. The maximum Gasteiger partial charge on any atom is 0.243 e. The standard InChI is InChI=1S/C23H23NO3S/c1-17-7-13-21(14-8-17)28(26,27)24-16-15-22(25)23(24)20-11-9-19(10-12-20)18-5-3-2-4-6-18/h2-14,22-23,25H,15-16H2,1H3/t22-,23+/m0/s1. The Morgan fingerprint density at radius 3 is 2.11 bits per heavy atom. The molecule has 4 nitrogen and oxygen atoms in total. The number of aliphatic hydroxyl groups is 1. The number of hydrogen-bond donors (Lipinski definition) is 1. The van der Waals surface area contributed by atoms with E-state index in [1.165, 1.54) is 4.31 Å². The molecule has 144 valence electrons. The van der Waals surface area contributed by atoms with E-state index in [0.29, 0.717) is 13.0 Å². The van der Waals surface area contributed by atoms with Crippen LogP contribution in [0.5, 0.6) is 0 Å². The maximum absolute atomic E-state index is 13.2. The third-order valence-electron chi connectivity index (χ3n) is 5.31. The summed E-state index contributed by atoms with van der Waals surface area (Å²) < 4.78 is 27.8. The van der Waals surface area contributed by atoms with Crippen LogP contribution in [0.3, 0.4) is 0 Å². The summed E-state index contributed by atoms with van der Waals surface area (Å²) in [5, 5.41) is 10.5. The van der Waals surface area contributed by atoms with Crippen molar-refractivity contribution in [2.24, 2.45) is 0 Å². The van der Waals surface area contributed by atoms with E-state index in [2.05, 4.69) is 0 Å². The Hall–Kier alpha value is -2.47. The van der Waals surface area contributed by atoms with Crippen molar-refractivity contribution in [1.82, 2.24) is 4.31 Å². The maximum atomic E-state index is 13.2. The Morgan fingerprint density at radius 1 is 0.857 bits per heavy atom. The molecular formula is C23H23NO3S. The van der Waals surface area contributed by atoms with Gasteiger partial charge in [-0.1, -0.05) is 72.3 Å². The summed E-state index contributed by atoms with van der Waals surface area (Å²) >= 11 is 0. The summed E-state index contributed by atoms with van der Waals surface area (Å²) in [6.07, 6.45) is -0.293. The van der Waals surface area contributed by atoms with Crippen LogP contribution in [0.15, 0.2) is 83.8 Å². The molecule has 1 aliphatic rings. The molecule has 1 saturated heterocycles. The summed E-state index contributed by atoms with van der Waals surface area (Å²) in [6, 6.07) is 24.1. The van der Waals surface area contributed by atoms with Crippen molar-refractivity contribution in [3.63, 3.8) is 0 Å². The Morgan fingerprint density at radius 2 is 1.46 bits per heavy atom. The molecule has 28 heavy (non-hydrogen) atoms. The second-order valence-electron chi connectivity index (χ2n) is 7.22. The molecule has 0 amide bonds. The number of hydrogen-bond acceptors (Lipinski definition) is 3. The van der Waals surface area contributed by atoms with E-state index < -0.39 is 22.2 Å². The molecule has 0 bridgehead atoms. The van der Waals surface area contributed by atoms with Crippen molar-refractivity contribution in [3.8, 4) is 11.1 Å². The zero-order chi connectivity index (χ0) is 19.7. The summed E-state index contributed by atoms with van der Waals surface area (Å²) in [5.41, 5.74) is 3.98. The molecule has 1 fully saturated rings. The number of rotatable bonds is 4. The van der Waals surface area contributed by atoms with Crippen molar-refractivity contribution >= 4 is 10.0 Å². The van der Waals surface area contributed by atoms with E-state index in [1.807, 2.05) is 61.5 Å². The van der Waals surface area contributed by atoms with Gasteiger partial charge in [-0.05, 0) is 42.2 Å². The van der Waals surface area contributed by atoms with Gasteiger partial charge in [0.15, 0.2) is 0 Å². The van der Waals surface area contributed by atoms with Crippen LogP contribution < -0.4 is 0 Å². The smallest absolute Gasteiger partial charge is 0.243 e. The van der Waals surface area contributed by atoms with Crippen molar-refractivity contribution in [3.05, 3.63) is 90.0 Å². The molecule has 1 heterocycles. The van der Waals surface area contributed by atoms with Gasteiger partial charge in [-0.3, -0.25) is 0 Å². The van der Waals surface area contributed by atoms with Gasteiger partial charge in [0, 0.05) is 6.54 Å². The lowest BCUT2D eigenvalue weighted by Crippen LogP contribution is -2.33. The monoisotopic (exact) mass is 393 g/mol. The first-order chi connectivity index (χ1) is 13.5. The van der Waals surface area contributed by atoms with Gasteiger partial charge < -0.3 is 5.11 Å². The van der Waals surface area contributed by atoms with Crippen molar-refractivity contribution < 1.29 is 13.5 Å². The SMILES string of the molecule is Cc1ccc(S(=O)(=O)N2CC[C@H](O)[C@H]2c2ccc(-c3ccccc3)cc2)cc1. The van der Waals surface area contributed by atoms with Crippen LogP contribution in [-0.4, -0.2) is 30.5 Å². The number of aryl methyl sites for hydroxylation is 1. The number of benzene rings is 3. The van der Waals surface area contributed by atoms with Gasteiger partial charge in [0.1, 0.15) is 0 Å². The third-order valence-corrected chi connectivity index (χ3v) is 7.20. The van der Waals surface area contributed by atoms with E-state index in [0.717, 1.165) is 22.3 Å². The first kappa shape index (κ1) is 18.9. The molecule has 1 aliphatic heterocycles. The molecule has 0 aromatic heterocycles. The fourth-order valence-electron chi connectivity index (χ4n) is 3.76. The highest BCUT2D eigenvalue weighted by atomic mass is 32.2. The topological polar surface area (TPSA) is 57.6 Å². The van der Waals surface area contributed by atoms with Crippen LogP contribution in [0.4, 0.5) is 0 Å². The Bertz CT molecular complexity index is 1050. The highest BCUT2D eigenvalue weighted by Crippen LogP contribution is 2.37. The largest absolute Gasteiger partial charge is 0.391 e. The van der Waals surface area contributed by atoms with Gasteiger partial charge in [-0.15, -0.1) is 0 Å². The predicted octanol–water partition coefficient (Wildman–Crippen LogP) is 4.16. The van der Waals surface area contributed by atoms with Crippen LogP contribution in [0, 0.1) is 6.92 Å². The van der Waals surface area contributed by atoms with E-state index in [4.69, 9.17) is 0 Å². The van der Waals surface area contributed by atoms with E-state index >= 15 is 0 Å². The lowest BCUT2D eigenvalue weighted by molar-refractivity contribution is 0.143. The van der Waals surface area contributed by atoms with Gasteiger partial charge in [0.05, 0.1) is 17.0 Å². The minimum atomic E-state index is -3.67. The molecule has 0 aliphatic carbocycles. The highest BCUT2D eigenvalue weighted by Gasteiger charge is 2.41. The molecule has 4 rings (SSSR count). The van der Waals surface area contributed by atoms with Gasteiger partial charge >= 0.3 is 0 Å². The number of sulfonamides is 1. The number of nitrogens with zero attached hydrogens (tertiary/aromatic N) is 1. The van der Waals surface area contributed by atoms with Gasteiger partial charge in [0.25, 0.3) is 0 Å². The van der Waals surface area contributed by atoms with Crippen LogP contribution in [0.1, 0.15) is 23.6 Å². The molecule has 2 atom stereocenters. The lowest BCUT2D eigenvalue weighted by Gasteiger charge is -2.26. The van der Waals surface area contributed by atoms with E-state index in [-0.39, 0.29) is 4.90 Å². The first-order valence-electron chi connectivity index (χ1n) is 9.39. The summed E-state index contributed by atoms with van der Waals surface area (Å²) in [6.45, 7) is 2.23. The third kappa shape index (κ3) is 3.49. The normalized spacial score (nSPS) is 20.4. The zero-order valence-electron chi connectivity index (χ0n) is 15.7. The second-order valence-corrected chi connectivity index (χ2v) is 9.11. The van der Waals surface area contributed by atoms with E-state index in [1.54, 1.807) is 24.3 Å². The minimum Gasteiger partial charge on any atom is -0.391 e. The van der Waals surface area contributed by atoms with E-state index in [9.17, 15) is 13.5 Å². The predicted molar refractivity (Wildman–Crippen MR) is 110 cm³/mol. The molecule has 0 saturated carbocycles. The highest BCUT2D eigenvalue weighted by molar-refractivity contribution is 7.89. The van der Waals surface area contributed by atoms with Gasteiger partial charge in [0.2, 0.25) is 10.0 Å². The molecule has 0 spiro atoms. The Labute approximate surface area is 166 Å². The molecular weight excluding hydrogens is 370 g/mol. The Balaban J connectivity index is 1.66. The van der Waals surface area contributed by atoms with Gasteiger partial charge in [-0.25, -0.2) is 8.42 Å². The molecule has 0 unspecified atom stereocenters. The van der Waals surface area contributed by atoms with Crippen LogP contribution in [0.25, 0.3) is 11.1 Å². The van der Waals surface area contributed by atoms with Crippen LogP contribution >= 0.6 is 0 Å². The molecule has 1 N–H and O–H groups in total. The Kier molecular flexibility index (Phi) is 5.06. The fraction of sp³-hybridized carbons (Fsp3) is 0.217. The number of aliphatic hydroxyl groups excluding tert-OH is 1. The van der Waals surface area contributed by atoms with Crippen molar-refractivity contribution in [1.29, 1.82) is 0 Å². The first-order valence-corrected chi connectivity index (χ1v) is 10.8. The quantitative estimate of drug-likeness (QED) is 0.724. The second kappa shape index (κ2) is 7.51.